The van der Waals surface area contributed by atoms with Gasteiger partial charge in [-0.3, -0.25) is 0 Å². The van der Waals surface area contributed by atoms with Crippen molar-refractivity contribution in [3.05, 3.63) is 51.3 Å². The van der Waals surface area contributed by atoms with Crippen molar-refractivity contribution in [1.29, 1.82) is 0 Å². The molecule has 2 aromatic rings. The van der Waals surface area contributed by atoms with Gasteiger partial charge in [-0.05, 0) is 32.9 Å². The van der Waals surface area contributed by atoms with E-state index < -0.39 is 17.0 Å². The van der Waals surface area contributed by atoms with Crippen LogP contribution in [0.15, 0.2) is 39.9 Å². The minimum atomic E-state index is -0.574. The van der Waals surface area contributed by atoms with Crippen LogP contribution < -0.4 is 11.4 Å². The Morgan fingerprint density at radius 1 is 1.20 bits per heavy atom. The van der Waals surface area contributed by atoms with Crippen LogP contribution in [0.2, 0.25) is 0 Å². The van der Waals surface area contributed by atoms with Crippen LogP contribution in [-0.2, 0) is 4.74 Å². The van der Waals surface area contributed by atoms with Crippen molar-refractivity contribution in [2.45, 2.75) is 32.4 Å². The Morgan fingerprint density at radius 2 is 1.80 bits per heavy atom. The normalized spacial score (nSPS) is 13.4. The Balaban J connectivity index is 2.56. The molecule has 6 nitrogen and oxygen atoms in total. The molecule has 1 heterocycles. The molecule has 0 saturated carbocycles. The molecule has 1 aromatic carbocycles. The highest BCUT2D eigenvalue weighted by molar-refractivity contribution is 5.30. The van der Waals surface area contributed by atoms with E-state index in [1.165, 1.54) is 4.68 Å². The van der Waals surface area contributed by atoms with Crippen LogP contribution in [0, 0.1) is 0 Å². The van der Waals surface area contributed by atoms with Gasteiger partial charge in [0.15, 0.2) is 0 Å². The quantitative estimate of drug-likeness (QED) is 0.916. The molecule has 0 fully saturated rings. The number of aromatic nitrogens is 3. The predicted octanol–water partition coefficient (Wildman–Crippen LogP) is 1.31. The molecule has 0 aliphatic rings. The smallest absolute Gasteiger partial charge is 0.351 e. The highest BCUT2D eigenvalue weighted by Crippen LogP contribution is 2.22. The van der Waals surface area contributed by atoms with Gasteiger partial charge in [0.05, 0.1) is 17.3 Å². The Bertz CT molecular complexity index is 694. The maximum Gasteiger partial charge on any atom is 0.351 e. The number of ether oxygens (including phenoxy) is 1. The third-order valence-corrected chi connectivity index (χ3v) is 3.75. The van der Waals surface area contributed by atoms with Gasteiger partial charge in [-0.1, -0.05) is 18.2 Å². The minimum Gasteiger partial charge on any atom is -0.377 e. The van der Waals surface area contributed by atoms with E-state index in [0.717, 1.165) is 4.57 Å². The summed E-state index contributed by atoms with van der Waals surface area (Å²) in [4.78, 5) is 24.5. The van der Waals surface area contributed by atoms with E-state index in [1.807, 2.05) is 26.8 Å². The lowest BCUT2D eigenvalue weighted by Crippen LogP contribution is -2.39. The molecule has 108 valence electrons. The Morgan fingerprint density at radius 3 is 2.35 bits per heavy atom. The van der Waals surface area contributed by atoms with E-state index in [1.54, 1.807) is 31.4 Å². The zero-order valence-electron chi connectivity index (χ0n) is 12.1. The second-order valence-electron chi connectivity index (χ2n) is 5.22. The van der Waals surface area contributed by atoms with E-state index in [-0.39, 0.29) is 6.04 Å². The molecule has 1 aromatic heterocycles. The third kappa shape index (κ3) is 2.34. The minimum absolute atomic E-state index is 0.308. The maximum atomic E-state index is 12.4. The summed E-state index contributed by atoms with van der Waals surface area (Å²) in [6.45, 7) is 5.56. The van der Waals surface area contributed by atoms with Crippen molar-refractivity contribution >= 4 is 0 Å². The van der Waals surface area contributed by atoms with Gasteiger partial charge in [0.1, 0.15) is 0 Å². The van der Waals surface area contributed by atoms with Gasteiger partial charge in [0.2, 0.25) is 0 Å². The molecule has 0 aliphatic heterocycles. The number of para-hydroxylation sites is 1. The molecule has 0 radical (unpaired) electrons. The molecule has 6 heteroatoms. The number of methoxy groups -OCH3 is 1. The van der Waals surface area contributed by atoms with Crippen LogP contribution in [-0.4, -0.2) is 27.1 Å². The number of nitrogens with zero attached hydrogens (tertiary/aromatic N) is 2. The summed E-state index contributed by atoms with van der Waals surface area (Å²) in [6, 6.07) is 8.51. The lowest BCUT2D eigenvalue weighted by Gasteiger charge is -2.29. The summed E-state index contributed by atoms with van der Waals surface area (Å²) < 4.78 is 7.79. The van der Waals surface area contributed by atoms with Crippen LogP contribution in [0.3, 0.4) is 0 Å². The van der Waals surface area contributed by atoms with Gasteiger partial charge in [-0.2, -0.15) is 0 Å². The number of rotatable bonds is 4. The first-order valence-corrected chi connectivity index (χ1v) is 6.42. The van der Waals surface area contributed by atoms with Gasteiger partial charge < -0.3 is 4.74 Å². The van der Waals surface area contributed by atoms with E-state index in [2.05, 4.69) is 5.10 Å². The van der Waals surface area contributed by atoms with E-state index in [0.29, 0.717) is 5.69 Å². The van der Waals surface area contributed by atoms with Crippen LogP contribution in [0.5, 0.6) is 0 Å². The maximum absolute atomic E-state index is 12.4. The van der Waals surface area contributed by atoms with Crippen LogP contribution >= 0.6 is 0 Å². The first-order chi connectivity index (χ1) is 9.38. The first kappa shape index (κ1) is 14.3. The molecule has 0 bridgehead atoms. The Labute approximate surface area is 116 Å². The van der Waals surface area contributed by atoms with Gasteiger partial charge in [-0.15, -0.1) is 0 Å². The largest absolute Gasteiger partial charge is 0.377 e. The number of nitrogens with one attached hydrogen (secondary N) is 1. The fourth-order valence-corrected chi connectivity index (χ4v) is 1.94. The molecule has 1 N–H and O–H groups in total. The number of hydrogen-bond acceptors (Lipinski definition) is 3. The first-order valence-electron chi connectivity index (χ1n) is 6.42. The number of benzene rings is 1. The molecule has 1 unspecified atom stereocenters. The average Bonchev–Trinajstić information content (AvgIpc) is 2.74. The van der Waals surface area contributed by atoms with E-state index in [9.17, 15) is 9.59 Å². The monoisotopic (exact) mass is 277 g/mol. The van der Waals surface area contributed by atoms with Crippen molar-refractivity contribution in [2.24, 2.45) is 0 Å². The molecule has 0 spiro atoms. The van der Waals surface area contributed by atoms with Gasteiger partial charge in [-0.25, -0.2) is 23.9 Å². The van der Waals surface area contributed by atoms with Crippen LogP contribution in [0.25, 0.3) is 5.69 Å². The molecule has 20 heavy (non-hydrogen) atoms. The summed E-state index contributed by atoms with van der Waals surface area (Å²) >= 11 is 0. The highest BCUT2D eigenvalue weighted by Gasteiger charge is 2.29. The van der Waals surface area contributed by atoms with Gasteiger partial charge >= 0.3 is 11.4 Å². The van der Waals surface area contributed by atoms with Crippen molar-refractivity contribution in [2.75, 3.05) is 7.11 Å². The number of H-pyrrole nitrogens is 1. The fraction of sp³-hybridized carbons (Fsp3) is 0.429. The van der Waals surface area contributed by atoms with Crippen LogP contribution in [0.1, 0.15) is 26.8 Å². The van der Waals surface area contributed by atoms with Crippen molar-refractivity contribution < 1.29 is 4.74 Å². The molecule has 2 rings (SSSR count). The zero-order chi connectivity index (χ0) is 14.9. The number of aromatic amines is 1. The molecular weight excluding hydrogens is 258 g/mol. The van der Waals surface area contributed by atoms with Crippen molar-refractivity contribution in [1.82, 2.24) is 14.3 Å². The molecule has 0 amide bonds. The zero-order valence-corrected chi connectivity index (χ0v) is 12.1. The molecular formula is C14H19N3O3. The Hall–Kier alpha value is -2.08. The summed E-state index contributed by atoms with van der Waals surface area (Å²) in [6.07, 6.45) is 0. The number of hydrogen-bond donors (Lipinski definition) is 1. The molecule has 0 saturated heterocycles. The summed E-state index contributed by atoms with van der Waals surface area (Å²) in [5.74, 6) is 0. The van der Waals surface area contributed by atoms with Crippen molar-refractivity contribution in [3.8, 4) is 5.69 Å². The third-order valence-electron chi connectivity index (χ3n) is 3.75. The Kier molecular flexibility index (Phi) is 3.67. The predicted molar refractivity (Wildman–Crippen MR) is 76.4 cm³/mol. The van der Waals surface area contributed by atoms with Crippen LogP contribution in [0.4, 0.5) is 0 Å². The second-order valence-corrected chi connectivity index (χ2v) is 5.22. The topological polar surface area (TPSA) is 69.0 Å². The second kappa shape index (κ2) is 5.13. The highest BCUT2D eigenvalue weighted by atomic mass is 16.5. The molecule has 1 atom stereocenters. The van der Waals surface area contributed by atoms with Gasteiger partial charge in [0, 0.05) is 7.11 Å². The lowest BCUT2D eigenvalue weighted by atomic mass is 10.0. The summed E-state index contributed by atoms with van der Waals surface area (Å²) in [5.41, 5.74) is -0.894. The fourth-order valence-electron chi connectivity index (χ4n) is 1.94. The van der Waals surface area contributed by atoms with E-state index >= 15 is 0 Å². The average molecular weight is 277 g/mol. The standard InChI is InChI=1S/C14H19N3O3/c1-10(14(2,3)20-4)17-13(19)16(12(18)15-17)11-8-6-5-7-9-11/h5-10H,1-4H3,(H,15,18). The van der Waals surface area contributed by atoms with Crippen molar-refractivity contribution in [3.63, 3.8) is 0 Å². The molecule has 0 aliphatic carbocycles. The summed E-state index contributed by atoms with van der Waals surface area (Å²) in [5, 5.41) is 2.58. The lowest BCUT2D eigenvalue weighted by molar-refractivity contribution is -0.0213. The van der Waals surface area contributed by atoms with E-state index in [4.69, 9.17) is 4.74 Å². The van der Waals surface area contributed by atoms with Gasteiger partial charge in [0.25, 0.3) is 0 Å². The summed E-state index contributed by atoms with van der Waals surface area (Å²) in [7, 11) is 1.58. The SMILES string of the molecule is COC(C)(C)C(C)n1[nH]c(=O)n(-c2ccccc2)c1=O.